The standard InChI is InChI=1S/C17H13N3O2.CH4N2O/c1-21-17-9-15-14(8-11(17)10-18)16(6-7-20-15)22-13-4-2-12(19)3-5-13;2-1(3)4/h2-9H,19H2,1H3;(H4,2,3,4). The van der Waals surface area contributed by atoms with Crippen LogP contribution in [0.1, 0.15) is 5.56 Å². The summed E-state index contributed by atoms with van der Waals surface area (Å²) in [5.41, 5.74) is 16.0. The molecule has 8 heteroatoms. The Morgan fingerprint density at radius 3 is 2.35 bits per heavy atom. The molecule has 1 aromatic heterocycles. The van der Waals surface area contributed by atoms with Crippen LogP contribution in [0.3, 0.4) is 0 Å². The summed E-state index contributed by atoms with van der Waals surface area (Å²) in [5, 5.41) is 9.96. The highest BCUT2D eigenvalue weighted by atomic mass is 16.5. The van der Waals surface area contributed by atoms with Gasteiger partial charge in [-0.25, -0.2) is 4.79 Å². The molecular formula is C18H17N5O3. The number of aromatic nitrogens is 1. The molecule has 0 bridgehead atoms. The Labute approximate surface area is 149 Å². The van der Waals surface area contributed by atoms with Crippen molar-refractivity contribution in [3.63, 3.8) is 0 Å². The van der Waals surface area contributed by atoms with Crippen LogP contribution >= 0.6 is 0 Å². The van der Waals surface area contributed by atoms with E-state index >= 15 is 0 Å². The van der Waals surface area contributed by atoms with Crippen molar-refractivity contribution in [2.45, 2.75) is 0 Å². The molecule has 0 aliphatic rings. The normalized spacial score (nSPS) is 9.54. The van der Waals surface area contributed by atoms with Crippen LogP contribution in [0.4, 0.5) is 10.5 Å². The molecule has 26 heavy (non-hydrogen) atoms. The van der Waals surface area contributed by atoms with Gasteiger partial charge in [0.15, 0.2) is 0 Å². The molecule has 2 amide bonds. The fourth-order valence-corrected chi connectivity index (χ4v) is 2.16. The molecule has 132 valence electrons. The maximum Gasteiger partial charge on any atom is 0.309 e. The molecule has 0 spiro atoms. The average Bonchev–Trinajstić information content (AvgIpc) is 2.62. The quantitative estimate of drug-likeness (QED) is 0.617. The molecule has 0 radical (unpaired) electrons. The SMILES string of the molecule is COc1cc2nccc(Oc3ccc(N)cc3)c2cc1C#N.NC(N)=O. The van der Waals surface area contributed by atoms with Crippen LogP contribution in [-0.2, 0) is 0 Å². The number of nitriles is 1. The summed E-state index contributed by atoms with van der Waals surface area (Å²) in [6, 6.07) is 13.6. The smallest absolute Gasteiger partial charge is 0.309 e. The maximum atomic E-state index is 9.22. The van der Waals surface area contributed by atoms with Crippen molar-refractivity contribution in [2.75, 3.05) is 12.8 Å². The van der Waals surface area contributed by atoms with Gasteiger partial charge in [0, 0.05) is 23.3 Å². The number of hydrogen-bond donors (Lipinski definition) is 3. The van der Waals surface area contributed by atoms with Gasteiger partial charge in [-0.3, -0.25) is 4.98 Å². The topological polar surface area (TPSA) is 150 Å². The minimum absolute atomic E-state index is 0.435. The highest BCUT2D eigenvalue weighted by Gasteiger charge is 2.10. The van der Waals surface area contributed by atoms with E-state index in [2.05, 4.69) is 22.5 Å². The summed E-state index contributed by atoms with van der Waals surface area (Å²) in [6.07, 6.45) is 1.65. The number of nitrogens with zero attached hydrogens (tertiary/aromatic N) is 2. The number of rotatable bonds is 3. The molecule has 0 unspecified atom stereocenters. The molecule has 0 atom stereocenters. The molecular weight excluding hydrogens is 334 g/mol. The lowest BCUT2D eigenvalue weighted by Crippen LogP contribution is -2.18. The number of pyridine rings is 1. The number of hydrogen-bond acceptors (Lipinski definition) is 6. The number of fused-ring (bicyclic) bond motifs is 1. The van der Waals surface area contributed by atoms with Gasteiger partial charge in [-0.1, -0.05) is 0 Å². The number of primary amides is 2. The Kier molecular flexibility index (Phi) is 5.79. The third-order valence-corrected chi connectivity index (χ3v) is 3.25. The summed E-state index contributed by atoms with van der Waals surface area (Å²) in [7, 11) is 1.52. The predicted octanol–water partition coefficient (Wildman–Crippen LogP) is 2.51. The van der Waals surface area contributed by atoms with Gasteiger partial charge >= 0.3 is 6.03 Å². The van der Waals surface area contributed by atoms with Crippen molar-refractivity contribution in [1.29, 1.82) is 5.26 Å². The Morgan fingerprint density at radius 1 is 1.12 bits per heavy atom. The van der Waals surface area contributed by atoms with Crippen LogP contribution in [0, 0.1) is 11.3 Å². The number of carbonyl (C=O) groups excluding carboxylic acids is 1. The summed E-state index contributed by atoms with van der Waals surface area (Å²) in [4.78, 5) is 13.3. The molecule has 0 fully saturated rings. The zero-order valence-electron chi connectivity index (χ0n) is 14.0. The molecule has 0 aliphatic carbocycles. The number of methoxy groups -OCH3 is 1. The lowest BCUT2D eigenvalue weighted by atomic mass is 10.1. The van der Waals surface area contributed by atoms with Gasteiger partial charge in [-0.05, 0) is 36.4 Å². The second-order valence-corrected chi connectivity index (χ2v) is 5.06. The third-order valence-electron chi connectivity index (χ3n) is 3.25. The molecule has 0 saturated carbocycles. The highest BCUT2D eigenvalue weighted by Crippen LogP contribution is 2.33. The fourth-order valence-electron chi connectivity index (χ4n) is 2.16. The van der Waals surface area contributed by atoms with E-state index < -0.39 is 6.03 Å². The summed E-state index contributed by atoms with van der Waals surface area (Å²) >= 11 is 0. The van der Waals surface area contributed by atoms with Gasteiger partial charge < -0.3 is 26.7 Å². The van der Waals surface area contributed by atoms with Gasteiger partial charge in [0.1, 0.15) is 23.3 Å². The van der Waals surface area contributed by atoms with E-state index in [0.717, 1.165) is 5.39 Å². The van der Waals surface area contributed by atoms with E-state index in [0.29, 0.717) is 34.0 Å². The van der Waals surface area contributed by atoms with Crippen LogP contribution in [0.15, 0.2) is 48.7 Å². The van der Waals surface area contributed by atoms with Crippen molar-refractivity contribution in [2.24, 2.45) is 11.5 Å². The largest absolute Gasteiger partial charge is 0.495 e. The number of benzene rings is 2. The number of ether oxygens (including phenoxy) is 2. The number of amides is 2. The zero-order valence-corrected chi connectivity index (χ0v) is 14.0. The van der Waals surface area contributed by atoms with Gasteiger partial charge in [0.05, 0.1) is 18.2 Å². The molecule has 3 rings (SSSR count). The van der Waals surface area contributed by atoms with Crippen LogP contribution in [0.25, 0.3) is 10.9 Å². The van der Waals surface area contributed by atoms with Crippen LogP contribution in [0.2, 0.25) is 0 Å². The molecule has 0 aliphatic heterocycles. The Morgan fingerprint density at radius 2 is 1.77 bits per heavy atom. The van der Waals surface area contributed by atoms with Gasteiger partial charge in [-0.2, -0.15) is 5.26 Å². The van der Waals surface area contributed by atoms with Crippen LogP contribution < -0.4 is 26.7 Å². The summed E-state index contributed by atoms with van der Waals surface area (Å²) in [6.45, 7) is 0. The monoisotopic (exact) mass is 351 g/mol. The first-order chi connectivity index (χ1) is 12.4. The Balaban J connectivity index is 0.000000552. The molecule has 1 heterocycles. The van der Waals surface area contributed by atoms with E-state index in [1.165, 1.54) is 7.11 Å². The second kappa shape index (κ2) is 8.21. The lowest BCUT2D eigenvalue weighted by Gasteiger charge is -2.10. The van der Waals surface area contributed by atoms with Gasteiger partial charge in [-0.15, -0.1) is 0 Å². The predicted molar refractivity (Wildman–Crippen MR) is 97.7 cm³/mol. The first-order valence-corrected chi connectivity index (χ1v) is 7.39. The van der Waals surface area contributed by atoms with Gasteiger partial charge in [0.2, 0.25) is 0 Å². The van der Waals surface area contributed by atoms with E-state index in [9.17, 15) is 5.26 Å². The van der Waals surface area contributed by atoms with E-state index in [1.807, 2.05) is 0 Å². The van der Waals surface area contributed by atoms with E-state index in [4.69, 9.17) is 20.0 Å². The molecule has 2 aromatic carbocycles. The maximum absolute atomic E-state index is 9.22. The van der Waals surface area contributed by atoms with Crippen molar-refractivity contribution < 1.29 is 14.3 Å². The first-order valence-electron chi connectivity index (χ1n) is 7.39. The van der Waals surface area contributed by atoms with Crippen LogP contribution in [0.5, 0.6) is 17.2 Å². The number of nitrogens with two attached hydrogens (primary N) is 3. The lowest BCUT2D eigenvalue weighted by molar-refractivity contribution is 0.256. The molecule has 6 N–H and O–H groups in total. The highest BCUT2D eigenvalue weighted by molar-refractivity contribution is 5.88. The van der Waals surface area contributed by atoms with Gasteiger partial charge in [0.25, 0.3) is 0 Å². The average molecular weight is 351 g/mol. The van der Waals surface area contributed by atoms with Crippen molar-refractivity contribution in [3.8, 4) is 23.3 Å². The van der Waals surface area contributed by atoms with Crippen molar-refractivity contribution in [1.82, 2.24) is 4.98 Å². The molecule has 0 saturated heterocycles. The van der Waals surface area contributed by atoms with E-state index in [-0.39, 0.29) is 0 Å². The first kappa shape index (κ1) is 18.4. The minimum Gasteiger partial charge on any atom is -0.495 e. The number of urea groups is 1. The number of nitrogen functional groups attached to an aromatic ring is 1. The summed E-state index contributed by atoms with van der Waals surface area (Å²) < 4.78 is 11.1. The third kappa shape index (κ3) is 4.52. The number of carbonyl (C=O) groups is 1. The fraction of sp³-hybridized carbons (Fsp3) is 0.0556. The van der Waals surface area contributed by atoms with Crippen molar-refractivity contribution in [3.05, 3.63) is 54.2 Å². The number of anilines is 1. The van der Waals surface area contributed by atoms with Crippen LogP contribution in [-0.4, -0.2) is 18.1 Å². The summed E-state index contributed by atoms with van der Waals surface area (Å²) in [5.74, 6) is 1.78. The Hall–Kier alpha value is -3.99. The minimum atomic E-state index is -0.833. The van der Waals surface area contributed by atoms with E-state index in [1.54, 1.807) is 48.7 Å². The Bertz CT molecular complexity index is 961. The second-order valence-electron chi connectivity index (χ2n) is 5.06. The molecule has 3 aromatic rings. The zero-order chi connectivity index (χ0) is 19.1. The van der Waals surface area contributed by atoms with Crippen molar-refractivity contribution >= 4 is 22.6 Å². The molecule has 8 nitrogen and oxygen atoms in total.